The Bertz CT molecular complexity index is 628. The van der Waals surface area contributed by atoms with Crippen molar-refractivity contribution < 1.29 is 19.4 Å². The molecule has 1 aromatic heterocycles. The Hall–Kier alpha value is -2.54. The third-order valence-electron chi connectivity index (χ3n) is 2.63. The normalized spacial score (nSPS) is 10.6. The standard InChI is InChI=1S/C14H14N2O4S/c1-19-10-6-9(7-11(20-2)13(10)17)8-15-16-14(18)12-4-3-5-21-12/h3-8,17H,1-2H3,(H,16,18). The van der Waals surface area contributed by atoms with Crippen molar-refractivity contribution in [2.45, 2.75) is 0 Å². The van der Waals surface area contributed by atoms with E-state index in [2.05, 4.69) is 10.5 Å². The fraction of sp³-hybridized carbons (Fsp3) is 0.143. The SMILES string of the molecule is COc1cc(C=NNC(=O)c2cccs2)cc(OC)c1O. The summed E-state index contributed by atoms with van der Waals surface area (Å²) >= 11 is 1.33. The van der Waals surface area contributed by atoms with Crippen LogP contribution in [0.2, 0.25) is 0 Å². The molecule has 2 rings (SSSR count). The van der Waals surface area contributed by atoms with E-state index >= 15 is 0 Å². The van der Waals surface area contributed by atoms with Crippen molar-refractivity contribution in [3.63, 3.8) is 0 Å². The van der Waals surface area contributed by atoms with E-state index in [9.17, 15) is 9.90 Å². The van der Waals surface area contributed by atoms with Crippen LogP contribution < -0.4 is 14.9 Å². The number of rotatable bonds is 5. The summed E-state index contributed by atoms with van der Waals surface area (Å²) in [6, 6.07) is 6.67. The predicted octanol–water partition coefficient (Wildman–Crippen LogP) is 2.23. The maximum Gasteiger partial charge on any atom is 0.281 e. The van der Waals surface area contributed by atoms with E-state index in [1.165, 1.54) is 31.8 Å². The van der Waals surface area contributed by atoms with Crippen LogP contribution in [0.4, 0.5) is 0 Å². The first kappa shape index (κ1) is 14.9. The number of benzene rings is 1. The number of phenolic OH excluding ortho intramolecular Hbond substituents is 1. The Morgan fingerprint density at radius 3 is 2.52 bits per heavy atom. The van der Waals surface area contributed by atoms with Gasteiger partial charge in [0.2, 0.25) is 5.75 Å². The Kier molecular flexibility index (Phi) is 4.78. The lowest BCUT2D eigenvalue weighted by molar-refractivity contribution is 0.0959. The fourth-order valence-electron chi connectivity index (χ4n) is 1.62. The van der Waals surface area contributed by atoms with Crippen LogP contribution in [-0.2, 0) is 0 Å². The largest absolute Gasteiger partial charge is 0.502 e. The molecule has 1 heterocycles. The van der Waals surface area contributed by atoms with Gasteiger partial charge in [-0.3, -0.25) is 4.79 Å². The molecule has 0 aliphatic rings. The Morgan fingerprint density at radius 2 is 2.00 bits per heavy atom. The number of carbonyl (C=O) groups excluding carboxylic acids is 1. The van der Waals surface area contributed by atoms with Gasteiger partial charge in [-0.15, -0.1) is 11.3 Å². The van der Waals surface area contributed by atoms with Crippen LogP contribution in [0.15, 0.2) is 34.7 Å². The molecule has 0 fully saturated rings. The quantitative estimate of drug-likeness (QED) is 0.656. The molecule has 0 aliphatic heterocycles. The van der Waals surface area contributed by atoms with Crippen molar-refractivity contribution in [2.24, 2.45) is 5.10 Å². The lowest BCUT2D eigenvalue weighted by atomic mass is 10.2. The molecular weight excluding hydrogens is 292 g/mol. The Morgan fingerprint density at radius 1 is 1.33 bits per heavy atom. The summed E-state index contributed by atoms with van der Waals surface area (Å²) in [5.41, 5.74) is 3.04. The molecule has 2 N–H and O–H groups in total. The van der Waals surface area contributed by atoms with E-state index in [1.54, 1.807) is 24.3 Å². The summed E-state index contributed by atoms with van der Waals surface area (Å²) in [5.74, 6) is 0.166. The summed E-state index contributed by atoms with van der Waals surface area (Å²) in [7, 11) is 2.88. The van der Waals surface area contributed by atoms with Crippen LogP contribution >= 0.6 is 11.3 Å². The highest BCUT2D eigenvalue weighted by Crippen LogP contribution is 2.36. The van der Waals surface area contributed by atoms with Gasteiger partial charge in [-0.1, -0.05) is 6.07 Å². The molecule has 21 heavy (non-hydrogen) atoms. The zero-order valence-electron chi connectivity index (χ0n) is 11.5. The summed E-state index contributed by atoms with van der Waals surface area (Å²) in [4.78, 5) is 12.3. The van der Waals surface area contributed by atoms with Crippen LogP contribution in [0, 0.1) is 0 Å². The van der Waals surface area contributed by atoms with Crippen LogP contribution in [0.25, 0.3) is 0 Å². The molecule has 0 radical (unpaired) electrons. The number of phenols is 1. The van der Waals surface area contributed by atoms with Gasteiger partial charge in [-0.05, 0) is 23.6 Å². The second kappa shape index (κ2) is 6.76. The van der Waals surface area contributed by atoms with Gasteiger partial charge in [-0.25, -0.2) is 5.43 Å². The molecule has 0 saturated heterocycles. The van der Waals surface area contributed by atoms with E-state index in [4.69, 9.17) is 9.47 Å². The first-order valence-electron chi connectivity index (χ1n) is 5.97. The van der Waals surface area contributed by atoms with E-state index in [1.807, 2.05) is 5.38 Å². The second-order valence-electron chi connectivity index (χ2n) is 3.95. The predicted molar refractivity (Wildman–Crippen MR) is 80.6 cm³/mol. The van der Waals surface area contributed by atoms with Gasteiger partial charge in [0.25, 0.3) is 5.91 Å². The van der Waals surface area contributed by atoms with Crippen LogP contribution in [-0.4, -0.2) is 31.4 Å². The maximum absolute atomic E-state index is 11.7. The molecule has 0 saturated carbocycles. The van der Waals surface area contributed by atoms with Crippen LogP contribution in [0.1, 0.15) is 15.2 Å². The minimum absolute atomic E-state index is 0.0835. The highest BCUT2D eigenvalue weighted by Gasteiger charge is 2.10. The zero-order valence-corrected chi connectivity index (χ0v) is 12.3. The third kappa shape index (κ3) is 3.51. The number of nitrogens with one attached hydrogen (secondary N) is 1. The number of hydrazone groups is 1. The van der Waals surface area contributed by atoms with Gasteiger partial charge in [0, 0.05) is 5.56 Å². The molecule has 0 atom stereocenters. The maximum atomic E-state index is 11.7. The molecule has 0 aliphatic carbocycles. The van der Waals surface area contributed by atoms with Crippen LogP contribution in [0.5, 0.6) is 17.2 Å². The number of hydrogen-bond donors (Lipinski definition) is 2. The molecule has 6 nitrogen and oxygen atoms in total. The highest BCUT2D eigenvalue weighted by atomic mass is 32.1. The molecule has 0 unspecified atom stereocenters. The van der Waals surface area contributed by atoms with Crippen LogP contribution in [0.3, 0.4) is 0 Å². The number of amides is 1. The number of aromatic hydroxyl groups is 1. The first-order valence-corrected chi connectivity index (χ1v) is 6.85. The van der Waals surface area contributed by atoms with E-state index < -0.39 is 0 Å². The molecule has 7 heteroatoms. The molecule has 110 valence electrons. The number of nitrogens with zero attached hydrogens (tertiary/aromatic N) is 1. The minimum Gasteiger partial charge on any atom is -0.502 e. The molecule has 0 bridgehead atoms. The molecule has 1 aromatic carbocycles. The monoisotopic (exact) mass is 306 g/mol. The average molecular weight is 306 g/mol. The second-order valence-corrected chi connectivity index (χ2v) is 4.90. The van der Waals surface area contributed by atoms with E-state index in [0.29, 0.717) is 10.4 Å². The van der Waals surface area contributed by atoms with Gasteiger partial charge in [0.15, 0.2) is 11.5 Å². The summed E-state index contributed by atoms with van der Waals surface area (Å²) in [6.45, 7) is 0. The van der Waals surface area contributed by atoms with Gasteiger partial charge in [0.05, 0.1) is 25.3 Å². The van der Waals surface area contributed by atoms with E-state index in [0.717, 1.165) is 0 Å². The summed E-state index contributed by atoms with van der Waals surface area (Å²) < 4.78 is 10.1. The molecule has 1 amide bonds. The molecule has 2 aromatic rings. The fourth-order valence-corrected chi connectivity index (χ4v) is 2.23. The van der Waals surface area contributed by atoms with Crippen molar-refractivity contribution in [3.8, 4) is 17.2 Å². The smallest absolute Gasteiger partial charge is 0.281 e. The minimum atomic E-state index is -0.279. The lowest BCUT2D eigenvalue weighted by Gasteiger charge is -2.09. The zero-order chi connectivity index (χ0) is 15.2. The van der Waals surface area contributed by atoms with Gasteiger partial charge >= 0.3 is 0 Å². The number of ether oxygens (including phenoxy) is 2. The van der Waals surface area contributed by atoms with Crippen molar-refractivity contribution in [3.05, 3.63) is 40.1 Å². The first-order chi connectivity index (χ1) is 10.2. The molecular formula is C14H14N2O4S. The van der Waals surface area contributed by atoms with Crippen molar-refractivity contribution in [1.29, 1.82) is 0 Å². The van der Waals surface area contributed by atoms with Gasteiger partial charge in [-0.2, -0.15) is 5.10 Å². The van der Waals surface area contributed by atoms with Crippen molar-refractivity contribution >= 4 is 23.5 Å². The Labute approximate surface area is 125 Å². The van der Waals surface area contributed by atoms with Gasteiger partial charge in [0.1, 0.15) is 0 Å². The number of carbonyl (C=O) groups is 1. The Balaban J connectivity index is 2.12. The van der Waals surface area contributed by atoms with Crippen molar-refractivity contribution in [1.82, 2.24) is 5.43 Å². The molecule has 0 spiro atoms. The topological polar surface area (TPSA) is 80.2 Å². The van der Waals surface area contributed by atoms with Crippen molar-refractivity contribution in [2.75, 3.05) is 14.2 Å². The summed E-state index contributed by atoms with van der Waals surface area (Å²) in [5, 5.41) is 15.5. The number of methoxy groups -OCH3 is 2. The number of hydrogen-bond acceptors (Lipinski definition) is 6. The highest BCUT2D eigenvalue weighted by molar-refractivity contribution is 7.12. The van der Waals surface area contributed by atoms with Gasteiger partial charge < -0.3 is 14.6 Å². The summed E-state index contributed by atoms with van der Waals surface area (Å²) in [6.07, 6.45) is 1.44. The van der Waals surface area contributed by atoms with E-state index in [-0.39, 0.29) is 23.2 Å². The third-order valence-corrected chi connectivity index (χ3v) is 3.50. The number of thiophene rings is 1. The lowest BCUT2D eigenvalue weighted by Crippen LogP contribution is -2.16. The average Bonchev–Trinajstić information content (AvgIpc) is 3.02.